The molecule has 0 aliphatic heterocycles. The van der Waals surface area contributed by atoms with Crippen LogP contribution in [0.3, 0.4) is 0 Å². The number of rotatable bonds is 10. The van der Waals surface area contributed by atoms with Gasteiger partial charge in [-0.25, -0.2) is 0 Å². The van der Waals surface area contributed by atoms with Crippen molar-refractivity contribution in [3.63, 3.8) is 0 Å². The van der Waals surface area contributed by atoms with Crippen molar-refractivity contribution < 1.29 is 8.85 Å². The first-order chi connectivity index (χ1) is 29.2. The quantitative estimate of drug-likeness (QED) is 0.0779. The van der Waals surface area contributed by atoms with Gasteiger partial charge in [0.2, 0.25) is 0 Å². The molecule has 0 bridgehead atoms. The molecule has 0 fully saturated rings. The number of aryl methyl sites for hydroxylation is 6. The topological polar surface area (TPSA) is 18.5 Å². The predicted octanol–water partition coefficient (Wildman–Crippen LogP) is 9.94. The van der Waals surface area contributed by atoms with E-state index in [0.717, 1.165) is 33.0 Å². The van der Waals surface area contributed by atoms with E-state index in [1.54, 1.807) is 0 Å². The van der Waals surface area contributed by atoms with Crippen molar-refractivity contribution in [3.8, 4) is 11.5 Å². The van der Waals surface area contributed by atoms with Crippen LogP contribution in [0.15, 0.2) is 194 Å². The van der Waals surface area contributed by atoms with Crippen molar-refractivity contribution >= 4 is 69.3 Å². The van der Waals surface area contributed by atoms with Gasteiger partial charge in [-0.3, -0.25) is 0 Å². The van der Waals surface area contributed by atoms with Crippen LogP contribution in [0, 0.1) is 41.5 Å². The van der Waals surface area contributed by atoms with Crippen LogP contribution >= 0.6 is 0 Å². The standard InChI is InChI=1S/C56H50O2Si2/c1-39-15-27-45(28-16-39)59(46-29-17-40(2)18-30-46,47-31-19-41(3)20-32-47)57-55-51-11-7-9-13-53(51)56(54-14-10-8-12-52(54)55)58-60(48-33-21-42(4)22-34-48,49-35-23-43(5)24-36-49)50-37-25-44(6)26-38-50/h7-38H,1-6H3. The molecule has 0 aliphatic carbocycles. The minimum atomic E-state index is -3.24. The maximum Gasteiger partial charge on any atom is 0.346 e. The van der Waals surface area contributed by atoms with Crippen LogP contribution in [0.5, 0.6) is 11.5 Å². The lowest BCUT2D eigenvalue weighted by atomic mass is 10.0. The zero-order valence-electron chi connectivity index (χ0n) is 35.3. The Morgan fingerprint density at radius 1 is 0.233 bits per heavy atom. The largest absolute Gasteiger partial charge is 0.529 e. The van der Waals surface area contributed by atoms with Crippen LogP contribution in [-0.2, 0) is 0 Å². The Balaban J connectivity index is 1.36. The van der Waals surface area contributed by atoms with Crippen LogP contribution in [-0.4, -0.2) is 16.6 Å². The van der Waals surface area contributed by atoms with Gasteiger partial charge in [-0.1, -0.05) is 228 Å². The highest BCUT2D eigenvalue weighted by atomic mass is 28.4. The van der Waals surface area contributed by atoms with Gasteiger partial charge in [-0.05, 0) is 72.7 Å². The second kappa shape index (κ2) is 15.9. The molecular weight excluding hydrogens is 761 g/mol. The number of hydrogen-bond donors (Lipinski definition) is 0. The van der Waals surface area contributed by atoms with Gasteiger partial charge < -0.3 is 8.85 Å². The van der Waals surface area contributed by atoms with Crippen LogP contribution < -0.4 is 40.0 Å². The van der Waals surface area contributed by atoms with Gasteiger partial charge in [0.25, 0.3) is 0 Å². The lowest BCUT2D eigenvalue weighted by Gasteiger charge is -2.36. The van der Waals surface area contributed by atoms with Crippen molar-refractivity contribution in [1.82, 2.24) is 0 Å². The van der Waals surface area contributed by atoms with E-state index in [2.05, 4.69) is 236 Å². The molecule has 9 rings (SSSR count). The van der Waals surface area contributed by atoms with E-state index < -0.39 is 16.6 Å². The zero-order valence-corrected chi connectivity index (χ0v) is 37.3. The van der Waals surface area contributed by atoms with E-state index in [1.807, 2.05) is 0 Å². The average molecular weight is 811 g/mol. The predicted molar refractivity (Wildman–Crippen MR) is 259 cm³/mol. The molecule has 0 saturated carbocycles. The molecule has 0 unspecified atom stereocenters. The Labute approximate surface area is 357 Å². The summed E-state index contributed by atoms with van der Waals surface area (Å²) in [5.74, 6) is 1.74. The van der Waals surface area contributed by atoms with Gasteiger partial charge in [0.05, 0.1) is 0 Å². The lowest BCUT2D eigenvalue weighted by Crippen LogP contribution is -2.71. The minimum absolute atomic E-state index is 0.871. The van der Waals surface area contributed by atoms with Crippen LogP contribution in [0.1, 0.15) is 33.4 Å². The fourth-order valence-corrected chi connectivity index (χ4v) is 16.2. The van der Waals surface area contributed by atoms with Gasteiger partial charge in [-0.2, -0.15) is 0 Å². The summed E-state index contributed by atoms with van der Waals surface area (Å²) in [4.78, 5) is 0. The third-order valence-electron chi connectivity index (χ3n) is 12.1. The molecule has 0 heterocycles. The summed E-state index contributed by atoms with van der Waals surface area (Å²) in [6, 6.07) is 71.5. The minimum Gasteiger partial charge on any atom is -0.529 e. The molecule has 0 atom stereocenters. The SMILES string of the molecule is Cc1ccc([Si](Oc2c3ccccc3c(O[Si](c3ccc(C)cc3)(c3ccc(C)cc3)c3ccc(C)cc3)c3ccccc23)(c2ccc(C)cc2)c2ccc(C)cc2)cc1. The molecule has 0 N–H and O–H groups in total. The normalized spacial score (nSPS) is 11.8. The van der Waals surface area contributed by atoms with E-state index in [-0.39, 0.29) is 0 Å². The van der Waals surface area contributed by atoms with Crippen molar-refractivity contribution in [2.24, 2.45) is 0 Å². The first kappa shape index (κ1) is 39.0. The summed E-state index contributed by atoms with van der Waals surface area (Å²) in [7, 11) is -6.48. The molecule has 0 amide bonds. The van der Waals surface area contributed by atoms with Crippen molar-refractivity contribution in [2.45, 2.75) is 41.5 Å². The van der Waals surface area contributed by atoms with Crippen molar-refractivity contribution in [3.05, 3.63) is 228 Å². The molecule has 294 valence electrons. The maximum absolute atomic E-state index is 8.08. The maximum atomic E-state index is 8.08. The number of benzene rings is 9. The highest BCUT2D eigenvalue weighted by molar-refractivity contribution is 7.08. The Morgan fingerprint density at radius 3 is 0.567 bits per heavy atom. The van der Waals surface area contributed by atoms with E-state index in [1.165, 1.54) is 64.5 Å². The molecule has 0 saturated heterocycles. The molecule has 9 aromatic carbocycles. The third-order valence-corrected chi connectivity index (χ3v) is 20.0. The van der Waals surface area contributed by atoms with Gasteiger partial charge >= 0.3 is 16.6 Å². The van der Waals surface area contributed by atoms with Gasteiger partial charge in [0.1, 0.15) is 11.5 Å². The molecule has 9 aromatic rings. The van der Waals surface area contributed by atoms with Crippen LogP contribution in [0.2, 0.25) is 0 Å². The second-order valence-electron chi connectivity index (χ2n) is 16.5. The van der Waals surface area contributed by atoms with Crippen LogP contribution in [0.25, 0.3) is 21.5 Å². The van der Waals surface area contributed by atoms with Crippen molar-refractivity contribution in [2.75, 3.05) is 0 Å². The van der Waals surface area contributed by atoms with E-state index in [9.17, 15) is 0 Å². The highest BCUT2D eigenvalue weighted by Gasteiger charge is 2.47. The fraction of sp³-hybridized carbons (Fsp3) is 0.107. The molecule has 60 heavy (non-hydrogen) atoms. The first-order valence-electron chi connectivity index (χ1n) is 20.9. The smallest absolute Gasteiger partial charge is 0.346 e. The number of fused-ring (bicyclic) bond motifs is 2. The van der Waals surface area contributed by atoms with Crippen molar-refractivity contribution in [1.29, 1.82) is 0 Å². The fourth-order valence-electron chi connectivity index (χ4n) is 8.66. The first-order valence-corrected chi connectivity index (χ1v) is 24.7. The molecule has 0 aromatic heterocycles. The zero-order chi connectivity index (χ0) is 41.4. The second-order valence-corrected chi connectivity index (χ2v) is 23.1. The summed E-state index contributed by atoms with van der Waals surface area (Å²) in [5.41, 5.74) is 7.31. The summed E-state index contributed by atoms with van der Waals surface area (Å²) >= 11 is 0. The summed E-state index contributed by atoms with van der Waals surface area (Å²) < 4.78 is 16.2. The Morgan fingerprint density at radius 2 is 0.400 bits per heavy atom. The molecule has 4 heteroatoms. The Bertz CT molecular complexity index is 2450. The van der Waals surface area contributed by atoms with Crippen LogP contribution in [0.4, 0.5) is 0 Å². The Hall–Kier alpha value is -6.47. The van der Waals surface area contributed by atoms with E-state index in [0.29, 0.717) is 0 Å². The van der Waals surface area contributed by atoms with Gasteiger partial charge in [0, 0.05) is 21.5 Å². The summed E-state index contributed by atoms with van der Waals surface area (Å²) in [6.45, 7) is 12.9. The summed E-state index contributed by atoms with van der Waals surface area (Å²) in [6.07, 6.45) is 0. The molecule has 2 nitrogen and oxygen atoms in total. The monoisotopic (exact) mass is 810 g/mol. The molecular formula is C56H50O2Si2. The average Bonchev–Trinajstić information content (AvgIpc) is 3.27. The third kappa shape index (κ3) is 6.96. The molecule has 0 spiro atoms. The number of hydrogen-bond acceptors (Lipinski definition) is 2. The van der Waals surface area contributed by atoms with Gasteiger partial charge in [0.15, 0.2) is 0 Å². The molecule has 0 aliphatic rings. The highest BCUT2D eigenvalue weighted by Crippen LogP contribution is 2.44. The van der Waals surface area contributed by atoms with Gasteiger partial charge in [-0.15, -0.1) is 0 Å². The summed E-state index contributed by atoms with van der Waals surface area (Å²) in [5, 5.41) is 11.2. The van der Waals surface area contributed by atoms with E-state index >= 15 is 0 Å². The molecule has 0 radical (unpaired) electrons. The Kier molecular flexibility index (Phi) is 10.4. The van der Waals surface area contributed by atoms with E-state index in [4.69, 9.17) is 8.85 Å². The lowest BCUT2D eigenvalue weighted by molar-refractivity contribution is 0.581.